The van der Waals surface area contributed by atoms with Crippen molar-refractivity contribution in [2.24, 2.45) is 5.92 Å². The number of aliphatic hydroxyl groups is 1. The van der Waals surface area contributed by atoms with Crippen molar-refractivity contribution in [2.75, 3.05) is 67.6 Å². The van der Waals surface area contributed by atoms with E-state index in [2.05, 4.69) is 55.2 Å². The number of hydrogen-bond acceptors (Lipinski definition) is 8. The third-order valence-corrected chi connectivity index (χ3v) is 8.31. The van der Waals surface area contributed by atoms with Crippen molar-refractivity contribution in [3.63, 3.8) is 0 Å². The zero-order valence-electron chi connectivity index (χ0n) is 23.0. The maximum atomic E-state index is 14.6. The summed E-state index contributed by atoms with van der Waals surface area (Å²) in [5, 5.41) is 18.3. The second kappa shape index (κ2) is 10.4. The third kappa shape index (κ3) is 5.73. The van der Waals surface area contributed by atoms with E-state index in [1.807, 2.05) is 19.9 Å². The summed E-state index contributed by atoms with van der Waals surface area (Å²) in [6.07, 6.45) is 2.47. The third-order valence-electron chi connectivity index (χ3n) is 8.31. The van der Waals surface area contributed by atoms with Gasteiger partial charge in [0.15, 0.2) is 0 Å². The number of aromatic nitrogens is 3. The summed E-state index contributed by atoms with van der Waals surface area (Å²) in [6, 6.07) is 12.0. The molecule has 6 rings (SSSR count). The van der Waals surface area contributed by atoms with Crippen molar-refractivity contribution in [1.29, 1.82) is 0 Å². The van der Waals surface area contributed by atoms with Crippen molar-refractivity contribution < 1.29 is 17.1 Å². The Labute approximate surface area is 232 Å². The van der Waals surface area contributed by atoms with Crippen LogP contribution in [0.25, 0.3) is 5.69 Å². The largest absolute Gasteiger partial charge is 0.390 e. The van der Waals surface area contributed by atoms with Gasteiger partial charge in [0.05, 0.1) is 30.5 Å². The molecule has 1 atom stereocenters. The summed E-state index contributed by atoms with van der Waals surface area (Å²) in [6.45, 7) is 13.0. The van der Waals surface area contributed by atoms with E-state index < -0.39 is 5.60 Å². The summed E-state index contributed by atoms with van der Waals surface area (Å²) in [7, 11) is 0. The Bertz CT molecular complexity index is 1320. The maximum Gasteiger partial charge on any atom is 0.246 e. The van der Waals surface area contributed by atoms with Gasteiger partial charge in [-0.25, -0.2) is 9.07 Å². The molecule has 1 aromatic heterocycles. The van der Waals surface area contributed by atoms with Crippen LogP contribution in [0.3, 0.4) is 0 Å². The molecule has 0 spiro atoms. The van der Waals surface area contributed by atoms with E-state index in [-0.39, 0.29) is 14.6 Å². The summed E-state index contributed by atoms with van der Waals surface area (Å²) in [5.41, 5.74) is 3.91. The summed E-state index contributed by atoms with van der Waals surface area (Å²) >= 11 is 0. The van der Waals surface area contributed by atoms with Crippen LogP contribution >= 0.6 is 0 Å². The zero-order valence-corrected chi connectivity index (χ0v) is 23.0. The van der Waals surface area contributed by atoms with E-state index >= 15 is 0 Å². The molecule has 0 unspecified atom stereocenters. The van der Waals surface area contributed by atoms with E-state index in [0.29, 0.717) is 24.2 Å². The lowest BCUT2D eigenvalue weighted by Crippen LogP contribution is -2.56. The minimum Gasteiger partial charge on any atom is -0.390 e. The average Bonchev–Trinajstić information content (AvgIpc) is 3.53. The molecule has 4 heterocycles. The number of hydrogen-bond donors (Lipinski definition) is 2. The van der Waals surface area contributed by atoms with Crippen LogP contribution in [-0.4, -0.2) is 88.9 Å². The van der Waals surface area contributed by atoms with Crippen LogP contribution in [0.1, 0.15) is 28.7 Å². The molecule has 2 N–H and O–H groups in total. The van der Waals surface area contributed by atoms with Gasteiger partial charge in [-0.2, -0.15) is 4.98 Å². The second-order valence-corrected chi connectivity index (χ2v) is 11.7. The van der Waals surface area contributed by atoms with Gasteiger partial charge in [0.25, 0.3) is 0 Å². The molecule has 3 aliphatic rings. The number of halogens is 1. The van der Waals surface area contributed by atoms with Gasteiger partial charge in [-0.3, -0.25) is 4.90 Å². The van der Waals surface area contributed by atoms with E-state index in [4.69, 9.17) is 4.74 Å². The molecule has 0 bridgehead atoms. The molecule has 39 heavy (non-hydrogen) atoms. The SMILES string of the molecule is Cc1cc(Nc2ncn(-c3cc(F)cc(N4CC[C@@H](C(C)(C)O)C4)c3)n2)cc(N2CCN(C3COC3)CC2)c1.[HH].[HH]. The fourth-order valence-electron chi connectivity index (χ4n) is 5.82. The Balaban J connectivity index is 0.00000194. The predicted molar refractivity (Wildman–Crippen MR) is 155 cm³/mol. The lowest BCUT2D eigenvalue weighted by Gasteiger charge is -2.43. The molecule has 0 saturated carbocycles. The van der Waals surface area contributed by atoms with Crippen LogP contribution in [0, 0.1) is 18.7 Å². The molecular weight excluding hydrogens is 497 g/mol. The van der Waals surface area contributed by atoms with Crippen LogP contribution in [0.4, 0.5) is 27.4 Å². The van der Waals surface area contributed by atoms with Crippen molar-refractivity contribution in [2.45, 2.75) is 38.8 Å². The molecule has 3 aliphatic heterocycles. The lowest BCUT2D eigenvalue weighted by atomic mass is 9.90. The summed E-state index contributed by atoms with van der Waals surface area (Å²) in [4.78, 5) is 11.5. The molecular formula is C29H42FN7O2. The molecule has 10 heteroatoms. The van der Waals surface area contributed by atoms with Crippen molar-refractivity contribution >= 4 is 23.0 Å². The van der Waals surface area contributed by atoms with Crippen LogP contribution in [0.15, 0.2) is 42.7 Å². The van der Waals surface area contributed by atoms with Crippen molar-refractivity contribution in [1.82, 2.24) is 19.7 Å². The number of rotatable bonds is 7. The van der Waals surface area contributed by atoms with Gasteiger partial charge in [0.1, 0.15) is 12.1 Å². The molecule has 212 valence electrons. The van der Waals surface area contributed by atoms with E-state index in [1.165, 1.54) is 11.8 Å². The highest BCUT2D eigenvalue weighted by Crippen LogP contribution is 2.32. The smallest absolute Gasteiger partial charge is 0.246 e. The molecule has 9 nitrogen and oxygen atoms in total. The highest BCUT2D eigenvalue weighted by atomic mass is 19.1. The fourth-order valence-corrected chi connectivity index (χ4v) is 5.82. The maximum absolute atomic E-state index is 14.6. The van der Waals surface area contributed by atoms with Gasteiger partial charge in [0.2, 0.25) is 5.95 Å². The summed E-state index contributed by atoms with van der Waals surface area (Å²) in [5.74, 6) is 0.273. The number of benzene rings is 2. The second-order valence-electron chi connectivity index (χ2n) is 11.7. The molecule has 3 aromatic rings. The number of ether oxygens (including phenoxy) is 1. The predicted octanol–water partition coefficient (Wildman–Crippen LogP) is 4.07. The Kier molecular flexibility index (Phi) is 6.95. The van der Waals surface area contributed by atoms with Crippen molar-refractivity contribution in [3.05, 3.63) is 54.1 Å². The highest BCUT2D eigenvalue weighted by Gasteiger charge is 2.34. The molecule has 2 aromatic carbocycles. The molecule has 3 fully saturated rings. The Morgan fingerprint density at radius 3 is 2.41 bits per heavy atom. The number of piperazine rings is 1. The fraction of sp³-hybridized carbons (Fsp3) is 0.517. The zero-order chi connectivity index (χ0) is 27.1. The first-order valence-corrected chi connectivity index (χ1v) is 13.9. The van der Waals surface area contributed by atoms with E-state index in [9.17, 15) is 9.50 Å². The minimum atomic E-state index is -0.757. The van der Waals surface area contributed by atoms with E-state index in [0.717, 1.165) is 69.3 Å². The van der Waals surface area contributed by atoms with E-state index in [1.54, 1.807) is 17.1 Å². The van der Waals surface area contributed by atoms with Gasteiger partial charge >= 0.3 is 0 Å². The van der Waals surface area contributed by atoms with Gasteiger partial charge in [0, 0.05) is 65.1 Å². The van der Waals surface area contributed by atoms with Crippen LogP contribution in [0.2, 0.25) is 0 Å². The first-order chi connectivity index (χ1) is 18.7. The molecule has 0 aliphatic carbocycles. The summed E-state index contributed by atoms with van der Waals surface area (Å²) < 4.78 is 21.6. The Morgan fingerprint density at radius 1 is 0.974 bits per heavy atom. The lowest BCUT2D eigenvalue weighted by molar-refractivity contribution is -0.0660. The average molecular weight is 540 g/mol. The van der Waals surface area contributed by atoms with Gasteiger partial charge in [-0.15, -0.1) is 5.10 Å². The molecule has 3 saturated heterocycles. The van der Waals surface area contributed by atoms with Gasteiger partial charge in [-0.1, -0.05) is 0 Å². The van der Waals surface area contributed by atoms with Gasteiger partial charge in [-0.05, 0) is 69.2 Å². The Morgan fingerprint density at radius 2 is 1.72 bits per heavy atom. The quantitative estimate of drug-likeness (QED) is 0.465. The topological polar surface area (TPSA) is 81.9 Å². The minimum absolute atomic E-state index is 0. The number of aryl methyl sites for hydroxylation is 1. The first kappa shape index (κ1) is 26.0. The Hall–Kier alpha value is -3.21. The van der Waals surface area contributed by atoms with Crippen LogP contribution < -0.4 is 15.1 Å². The van der Waals surface area contributed by atoms with Gasteiger partial charge < -0.3 is 25.0 Å². The monoisotopic (exact) mass is 539 g/mol. The molecule has 0 amide bonds. The standard InChI is InChI=1S/C29H38FN7O2.2H2/c1-20-10-23(14-24(11-20)34-6-8-35(9-7-34)27-17-39-18-27)32-28-31-19-37(33-28)26-13-22(30)12-25(15-26)36-5-4-21(16-36)29(2,3)38;;/h10-15,19,21,27,38H,4-9,16-18H2,1-3H3,(H,32,33);2*1H/t21-;;/m1../s1. The van der Waals surface area contributed by atoms with Crippen LogP contribution in [-0.2, 0) is 4.74 Å². The number of nitrogens with zero attached hydrogens (tertiary/aromatic N) is 6. The molecule has 0 radical (unpaired) electrons. The number of nitrogens with one attached hydrogen (secondary N) is 1. The normalized spacial score (nSPS) is 20.9. The number of anilines is 4. The van der Waals surface area contributed by atoms with Crippen molar-refractivity contribution in [3.8, 4) is 5.69 Å². The highest BCUT2D eigenvalue weighted by molar-refractivity contribution is 5.64. The van der Waals surface area contributed by atoms with Crippen LogP contribution in [0.5, 0.6) is 0 Å². The first-order valence-electron chi connectivity index (χ1n) is 13.9.